The molecule has 1 aromatic carbocycles. The van der Waals surface area contributed by atoms with Gasteiger partial charge >= 0.3 is 6.09 Å². The Morgan fingerprint density at radius 1 is 1.23 bits per heavy atom. The first-order valence-corrected chi connectivity index (χ1v) is 10.2. The fourth-order valence-electron chi connectivity index (χ4n) is 3.45. The second-order valence-corrected chi connectivity index (χ2v) is 8.72. The van der Waals surface area contributed by atoms with Crippen LogP contribution in [-0.2, 0) is 9.53 Å². The number of aromatic hydroxyl groups is 1. The van der Waals surface area contributed by atoms with E-state index in [1.54, 1.807) is 24.4 Å². The minimum absolute atomic E-state index is 0.0764. The van der Waals surface area contributed by atoms with Crippen LogP contribution in [-0.4, -0.2) is 27.7 Å². The first kappa shape index (κ1) is 21.6. The molecule has 3 N–H and O–H groups in total. The fourth-order valence-corrected chi connectivity index (χ4v) is 3.45. The third-order valence-corrected chi connectivity index (χ3v) is 4.98. The zero-order chi connectivity index (χ0) is 21.9. The number of hydrogen-bond donors (Lipinski definition) is 3. The van der Waals surface area contributed by atoms with Crippen LogP contribution in [0.4, 0.5) is 10.5 Å². The number of carbonyl (C=O) groups is 2. The molecule has 1 aliphatic heterocycles. The van der Waals surface area contributed by atoms with Gasteiger partial charge in [0.25, 0.3) is 0 Å². The Balaban J connectivity index is 2.00. The number of phenols is 1. The van der Waals surface area contributed by atoms with E-state index in [9.17, 15) is 14.7 Å². The van der Waals surface area contributed by atoms with Gasteiger partial charge in [-0.3, -0.25) is 9.78 Å². The number of anilines is 1. The standard InChI is InChI=1S/C23H29N3O4/c1-14-6-5-7-18(26-22(29)30-23(2,3)4)20-12-15(10-11-24-20)17-9-8-16(27)13-19(17)25-21(14)28/h8-14,18,27H,5-7H2,1-4H3,(H,25,28)(H,26,29)/t14-,18+/m1/s1. The van der Waals surface area contributed by atoms with Crippen molar-refractivity contribution in [1.29, 1.82) is 0 Å². The van der Waals surface area contributed by atoms with E-state index in [1.807, 2.05) is 39.8 Å². The van der Waals surface area contributed by atoms with Gasteiger partial charge in [-0.15, -0.1) is 0 Å². The molecule has 0 spiro atoms. The molecule has 160 valence electrons. The van der Waals surface area contributed by atoms with Crippen LogP contribution in [0.1, 0.15) is 58.7 Å². The third-order valence-electron chi connectivity index (χ3n) is 4.98. The van der Waals surface area contributed by atoms with Crippen LogP contribution >= 0.6 is 0 Å². The normalized spacial score (nSPS) is 19.5. The molecule has 1 aliphatic rings. The average molecular weight is 412 g/mol. The van der Waals surface area contributed by atoms with Gasteiger partial charge < -0.3 is 20.5 Å². The van der Waals surface area contributed by atoms with E-state index in [-0.39, 0.29) is 23.6 Å². The highest BCUT2D eigenvalue weighted by atomic mass is 16.6. The van der Waals surface area contributed by atoms with Gasteiger partial charge in [0.15, 0.2) is 0 Å². The fraction of sp³-hybridized carbons (Fsp3) is 0.435. The number of rotatable bonds is 1. The second kappa shape index (κ2) is 8.73. The minimum atomic E-state index is -0.599. The van der Waals surface area contributed by atoms with Crippen molar-refractivity contribution < 1.29 is 19.4 Å². The maximum atomic E-state index is 12.6. The number of amides is 2. The van der Waals surface area contributed by atoms with Crippen LogP contribution in [0.15, 0.2) is 36.5 Å². The van der Waals surface area contributed by atoms with Gasteiger partial charge in [-0.05, 0) is 63.4 Å². The zero-order valence-electron chi connectivity index (χ0n) is 17.9. The highest BCUT2D eigenvalue weighted by molar-refractivity contribution is 5.97. The molecule has 2 heterocycles. The molecule has 0 radical (unpaired) electrons. The summed E-state index contributed by atoms with van der Waals surface area (Å²) in [5.74, 6) is -0.242. The predicted molar refractivity (Wildman–Crippen MR) is 115 cm³/mol. The molecule has 7 heteroatoms. The van der Waals surface area contributed by atoms with Gasteiger partial charge in [0.05, 0.1) is 17.4 Å². The van der Waals surface area contributed by atoms with Gasteiger partial charge in [-0.25, -0.2) is 4.79 Å². The largest absolute Gasteiger partial charge is 0.508 e. The number of fused-ring (bicyclic) bond motifs is 4. The van der Waals surface area contributed by atoms with Crippen LogP contribution in [0.2, 0.25) is 0 Å². The second-order valence-electron chi connectivity index (χ2n) is 8.72. The Morgan fingerprint density at radius 2 is 2.00 bits per heavy atom. The molecular formula is C23H29N3O4. The summed E-state index contributed by atoms with van der Waals surface area (Å²) < 4.78 is 5.42. The number of benzene rings is 1. The zero-order valence-corrected chi connectivity index (χ0v) is 17.9. The highest BCUT2D eigenvalue weighted by Crippen LogP contribution is 2.34. The Hall–Kier alpha value is -3.09. The number of nitrogens with one attached hydrogen (secondary N) is 2. The Morgan fingerprint density at radius 3 is 2.73 bits per heavy atom. The van der Waals surface area contributed by atoms with Crippen molar-refractivity contribution in [2.75, 3.05) is 5.32 Å². The number of alkyl carbamates (subject to hydrolysis) is 1. The Kier molecular flexibility index (Phi) is 6.29. The van der Waals surface area contributed by atoms with Crippen LogP contribution in [0, 0.1) is 5.92 Å². The lowest BCUT2D eigenvalue weighted by atomic mass is 9.95. The predicted octanol–water partition coefficient (Wildman–Crippen LogP) is 4.78. The molecule has 2 amide bonds. The molecule has 0 saturated carbocycles. The quantitative estimate of drug-likeness (QED) is 0.627. The van der Waals surface area contributed by atoms with Crippen molar-refractivity contribution in [3.8, 4) is 16.9 Å². The minimum Gasteiger partial charge on any atom is -0.508 e. The third kappa shape index (κ3) is 5.49. The van der Waals surface area contributed by atoms with Gasteiger partial charge in [0, 0.05) is 23.7 Å². The van der Waals surface area contributed by atoms with Crippen molar-refractivity contribution in [1.82, 2.24) is 10.3 Å². The molecule has 1 aromatic heterocycles. The lowest BCUT2D eigenvalue weighted by Crippen LogP contribution is -2.35. The Bertz CT molecular complexity index is 936. The van der Waals surface area contributed by atoms with Crippen LogP contribution in [0.3, 0.4) is 0 Å². The molecule has 2 atom stereocenters. The number of nitrogens with zero attached hydrogens (tertiary/aromatic N) is 1. The van der Waals surface area contributed by atoms with Crippen molar-refractivity contribution in [3.63, 3.8) is 0 Å². The summed E-state index contributed by atoms with van der Waals surface area (Å²) in [6.45, 7) is 7.33. The van der Waals surface area contributed by atoms with Crippen LogP contribution in [0.25, 0.3) is 11.1 Å². The van der Waals surface area contributed by atoms with Crippen LogP contribution in [0.5, 0.6) is 5.75 Å². The van der Waals surface area contributed by atoms with Crippen molar-refractivity contribution in [2.24, 2.45) is 5.92 Å². The van der Waals surface area contributed by atoms with Crippen molar-refractivity contribution in [2.45, 2.75) is 58.6 Å². The van der Waals surface area contributed by atoms with E-state index in [0.29, 0.717) is 18.5 Å². The molecule has 2 aromatic rings. The lowest BCUT2D eigenvalue weighted by Gasteiger charge is -2.25. The van der Waals surface area contributed by atoms with Gasteiger partial charge in [0.2, 0.25) is 5.91 Å². The van der Waals surface area contributed by atoms with Crippen LogP contribution < -0.4 is 10.6 Å². The molecule has 0 fully saturated rings. The van der Waals surface area contributed by atoms with E-state index in [1.165, 1.54) is 0 Å². The monoisotopic (exact) mass is 411 g/mol. The van der Waals surface area contributed by atoms with E-state index >= 15 is 0 Å². The maximum absolute atomic E-state index is 12.6. The van der Waals surface area contributed by atoms with E-state index in [4.69, 9.17) is 4.74 Å². The molecule has 3 rings (SSSR count). The summed E-state index contributed by atoms with van der Waals surface area (Å²) in [4.78, 5) is 29.5. The van der Waals surface area contributed by atoms with E-state index in [0.717, 1.165) is 23.2 Å². The number of ether oxygens (including phenoxy) is 1. The van der Waals surface area contributed by atoms with Gasteiger partial charge in [-0.2, -0.15) is 0 Å². The van der Waals surface area contributed by atoms with Gasteiger partial charge in [-0.1, -0.05) is 13.3 Å². The average Bonchev–Trinajstić information content (AvgIpc) is 2.65. The molecule has 0 unspecified atom stereocenters. The maximum Gasteiger partial charge on any atom is 0.408 e. The summed E-state index contributed by atoms with van der Waals surface area (Å²) in [6, 6.07) is 8.28. The summed E-state index contributed by atoms with van der Waals surface area (Å²) >= 11 is 0. The molecule has 2 bridgehead atoms. The van der Waals surface area contributed by atoms with E-state index in [2.05, 4.69) is 15.6 Å². The lowest BCUT2D eigenvalue weighted by molar-refractivity contribution is -0.119. The Labute approximate surface area is 176 Å². The number of hydrogen-bond acceptors (Lipinski definition) is 5. The molecule has 30 heavy (non-hydrogen) atoms. The molecule has 0 aliphatic carbocycles. The SMILES string of the molecule is C[C@@H]1CCC[C@H](NC(=O)OC(C)(C)C)c2cc(ccn2)-c2ccc(O)cc2NC1=O. The number of phenolic OH excluding ortho intramolecular Hbond substituents is 1. The first-order valence-electron chi connectivity index (χ1n) is 10.2. The van der Waals surface area contributed by atoms with E-state index < -0.39 is 11.7 Å². The van der Waals surface area contributed by atoms with Gasteiger partial charge in [0.1, 0.15) is 11.4 Å². The van der Waals surface area contributed by atoms with Crippen molar-refractivity contribution in [3.05, 3.63) is 42.2 Å². The number of aromatic nitrogens is 1. The smallest absolute Gasteiger partial charge is 0.408 e. The number of carbonyl (C=O) groups excluding carboxylic acids is 2. The number of pyridine rings is 1. The summed E-state index contributed by atoms with van der Waals surface area (Å²) in [7, 11) is 0. The summed E-state index contributed by atoms with van der Waals surface area (Å²) in [6.07, 6.45) is 3.21. The molecule has 0 saturated heterocycles. The highest BCUT2D eigenvalue weighted by Gasteiger charge is 2.24. The summed E-state index contributed by atoms with van der Waals surface area (Å²) in [5, 5.41) is 15.8. The molecule has 7 nitrogen and oxygen atoms in total. The molecular weight excluding hydrogens is 382 g/mol. The first-order chi connectivity index (χ1) is 14.1. The van der Waals surface area contributed by atoms with Crippen molar-refractivity contribution >= 4 is 17.7 Å². The summed E-state index contributed by atoms with van der Waals surface area (Å²) in [5.41, 5.74) is 2.27. The topological polar surface area (TPSA) is 101 Å².